The van der Waals surface area contributed by atoms with Gasteiger partial charge in [-0.3, -0.25) is 4.79 Å². The third-order valence-corrected chi connectivity index (χ3v) is 5.72. The van der Waals surface area contributed by atoms with Gasteiger partial charge in [0.05, 0.1) is 0 Å². The van der Waals surface area contributed by atoms with Crippen LogP contribution in [-0.4, -0.2) is 25.5 Å². The van der Waals surface area contributed by atoms with Crippen molar-refractivity contribution in [1.29, 1.82) is 0 Å². The molecule has 1 aromatic carbocycles. The fourth-order valence-corrected chi connectivity index (χ4v) is 4.15. The lowest BCUT2D eigenvalue weighted by atomic mass is 9.84. The molecule has 0 spiro atoms. The second-order valence-corrected chi connectivity index (χ2v) is 7.50. The van der Waals surface area contributed by atoms with Crippen LogP contribution < -0.4 is 10.6 Å². The van der Waals surface area contributed by atoms with Crippen molar-refractivity contribution in [1.82, 2.24) is 10.6 Å². The fraction of sp³-hybridized carbons (Fsp3) is 0.667. The lowest BCUT2D eigenvalue weighted by Crippen LogP contribution is -2.32. The smallest absolute Gasteiger partial charge is 0.223 e. The number of benzene rings is 1. The predicted octanol–water partition coefficient (Wildman–Crippen LogP) is 3.78. The van der Waals surface area contributed by atoms with Crippen molar-refractivity contribution in [3.8, 4) is 0 Å². The lowest BCUT2D eigenvalue weighted by molar-refractivity contribution is -0.125. The van der Waals surface area contributed by atoms with E-state index in [1.807, 2.05) is 0 Å². The van der Waals surface area contributed by atoms with Gasteiger partial charge in [0.2, 0.25) is 5.91 Å². The van der Waals surface area contributed by atoms with Crippen molar-refractivity contribution < 1.29 is 4.79 Å². The van der Waals surface area contributed by atoms with Gasteiger partial charge >= 0.3 is 0 Å². The fourth-order valence-electron chi connectivity index (χ4n) is 4.15. The van der Waals surface area contributed by atoms with Crippen molar-refractivity contribution in [2.45, 2.75) is 63.7 Å². The molecule has 1 saturated carbocycles. The van der Waals surface area contributed by atoms with Gasteiger partial charge in [-0.2, -0.15) is 0 Å². The molecule has 24 heavy (non-hydrogen) atoms. The molecule has 1 saturated heterocycles. The van der Waals surface area contributed by atoms with Crippen LogP contribution in [0.25, 0.3) is 0 Å². The molecule has 1 heterocycles. The third-order valence-electron chi connectivity index (χ3n) is 5.72. The number of nitrogens with one attached hydrogen (secondary N) is 2. The van der Waals surface area contributed by atoms with Gasteiger partial charge < -0.3 is 10.6 Å². The first-order valence-electron chi connectivity index (χ1n) is 9.90. The molecule has 1 unspecified atom stereocenters. The summed E-state index contributed by atoms with van der Waals surface area (Å²) in [6, 6.07) is 9.13. The normalized spacial score (nSPS) is 22.8. The highest BCUT2D eigenvalue weighted by molar-refractivity contribution is 5.78. The van der Waals surface area contributed by atoms with E-state index in [4.69, 9.17) is 0 Å². The Balaban J connectivity index is 1.42. The van der Waals surface area contributed by atoms with E-state index < -0.39 is 0 Å². The van der Waals surface area contributed by atoms with E-state index in [1.54, 1.807) is 0 Å². The maximum atomic E-state index is 12.3. The van der Waals surface area contributed by atoms with Crippen molar-refractivity contribution in [3.05, 3.63) is 35.4 Å². The Morgan fingerprint density at radius 1 is 0.958 bits per heavy atom. The number of amides is 1. The topological polar surface area (TPSA) is 41.1 Å². The molecular formula is C21H32N2O. The third kappa shape index (κ3) is 5.07. The highest BCUT2D eigenvalue weighted by Crippen LogP contribution is 2.32. The minimum atomic E-state index is 0.202. The first kappa shape index (κ1) is 17.5. The highest BCUT2D eigenvalue weighted by Gasteiger charge is 2.19. The number of hydrogen-bond donors (Lipinski definition) is 2. The van der Waals surface area contributed by atoms with Crippen molar-refractivity contribution in [2.75, 3.05) is 19.6 Å². The van der Waals surface area contributed by atoms with Gasteiger partial charge in [-0.05, 0) is 68.7 Å². The zero-order valence-electron chi connectivity index (χ0n) is 14.9. The Morgan fingerprint density at radius 3 is 2.54 bits per heavy atom. The molecule has 1 atom stereocenters. The van der Waals surface area contributed by atoms with Crippen LogP contribution in [0, 0.1) is 5.92 Å². The second-order valence-electron chi connectivity index (χ2n) is 7.50. The van der Waals surface area contributed by atoms with Crippen LogP contribution in [0.1, 0.15) is 68.4 Å². The average Bonchev–Trinajstić information content (AvgIpc) is 2.92. The zero-order valence-corrected chi connectivity index (χ0v) is 14.9. The summed E-state index contributed by atoms with van der Waals surface area (Å²) in [6.07, 6.45) is 10.9. The number of carbonyl (C=O) groups is 1. The molecule has 1 aromatic rings. The zero-order chi connectivity index (χ0) is 16.6. The Hall–Kier alpha value is -1.35. The van der Waals surface area contributed by atoms with Crippen LogP contribution in [0.4, 0.5) is 0 Å². The van der Waals surface area contributed by atoms with E-state index in [0.717, 1.165) is 51.2 Å². The maximum absolute atomic E-state index is 12.3. The van der Waals surface area contributed by atoms with E-state index in [9.17, 15) is 4.79 Å². The molecule has 1 aliphatic carbocycles. The molecule has 3 nitrogen and oxygen atoms in total. The lowest BCUT2D eigenvalue weighted by Gasteiger charge is -2.22. The molecule has 0 radical (unpaired) electrons. The number of rotatable bonds is 5. The molecule has 2 aliphatic rings. The van der Waals surface area contributed by atoms with Gasteiger partial charge in [-0.1, -0.05) is 43.5 Å². The molecule has 2 fully saturated rings. The summed E-state index contributed by atoms with van der Waals surface area (Å²) >= 11 is 0. The summed E-state index contributed by atoms with van der Waals surface area (Å²) in [5.74, 6) is 1.22. The monoisotopic (exact) mass is 328 g/mol. The van der Waals surface area contributed by atoms with Gasteiger partial charge in [0, 0.05) is 12.5 Å². The molecular weight excluding hydrogens is 296 g/mol. The van der Waals surface area contributed by atoms with E-state index in [0.29, 0.717) is 0 Å². The Bertz CT molecular complexity index is 497. The van der Waals surface area contributed by atoms with Crippen LogP contribution in [0.15, 0.2) is 24.3 Å². The standard InChI is InChI=1S/C21H32N2O/c24-21(20-7-4-14-22-15-13-20)23-16-12-17-8-10-19(11-9-17)18-5-2-1-3-6-18/h8-11,18,20,22H,1-7,12-16H2,(H,23,24). The van der Waals surface area contributed by atoms with E-state index in [1.165, 1.54) is 43.2 Å². The summed E-state index contributed by atoms with van der Waals surface area (Å²) in [5.41, 5.74) is 2.84. The molecule has 0 aromatic heterocycles. The average molecular weight is 329 g/mol. The van der Waals surface area contributed by atoms with Crippen molar-refractivity contribution >= 4 is 5.91 Å². The van der Waals surface area contributed by atoms with Crippen molar-refractivity contribution in [3.63, 3.8) is 0 Å². The van der Waals surface area contributed by atoms with Gasteiger partial charge in [-0.25, -0.2) is 0 Å². The Labute approximate surface area is 146 Å². The molecule has 3 heteroatoms. The van der Waals surface area contributed by atoms with Crippen LogP contribution in [0.5, 0.6) is 0 Å². The number of hydrogen-bond acceptors (Lipinski definition) is 2. The summed E-state index contributed by atoms with van der Waals surface area (Å²) in [5, 5.41) is 6.51. The quantitative estimate of drug-likeness (QED) is 0.863. The SMILES string of the molecule is O=C(NCCc1ccc(C2CCCCC2)cc1)C1CCCNCC1. The van der Waals surface area contributed by atoms with Crippen LogP contribution in [0.3, 0.4) is 0 Å². The van der Waals surface area contributed by atoms with Gasteiger partial charge in [0.15, 0.2) is 0 Å². The Kier molecular flexibility index (Phi) is 6.71. The molecule has 2 N–H and O–H groups in total. The summed E-state index contributed by atoms with van der Waals surface area (Å²) < 4.78 is 0. The summed E-state index contributed by atoms with van der Waals surface area (Å²) in [4.78, 5) is 12.3. The molecule has 0 bridgehead atoms. The first-order valence-corrected chi connectivity index (χ1v) is 9.90. The largest absolute Gasteiger partial charge is 0.356 e. The van der Waals surface area contributed by atoms with E-state index >= 15 is 0 Å². The van der Waals surface area contributed by atoms with E-state index in [2.05, 4.69) is 34.9 Å². The highest BCUT2D eigenvalue weighted by atomic mass is 16.1. The molecule has 132 valence electrons. The van der Waals surface area contributed by atoms with Gasteiger partial charge in [0.1, 0.15) is 0 Å². The van der Waals surface area contributed by atoms with Crippen LogP contribution in [-0.2, 0) is 11.2 Å². The summed E-state index contributed by atoms with van der Waals surface area (Å²) in [7, 11) is 0. The van der Waals surface area contributed by atoms with Gasteiger partial charge in [0.25, 0.3) is 0 Å². The second kappa shape index (κ2) is 9.22. The molecule has 1 amide bonds. The summed E-state index contributed by atoms with van der Waals surface area (Å²) in [6.45, 7) is 2.78. The first-order chi connectivity index (χ1) is 11.8. The predicted molar refractivity (Wildman–Crippen MR) is 99.2 cm³/mol. The van der Waals surface area contributed by atoms with Crippen LogP contribution >= 0.6 is 0 Å². The minimum Gasteiger partial charge on any atom is -0.356 e. The van der Waals surface area contributed by atoms with Gasteiger partial charge in [-0.15, -0.1) is 0 Å². The molecule has 3 rings (SSSR count). The Morgan fingerprint density at radius 2 is 1.75 bits per heavy atom. The number of carbonyl (C=O) groups excluding carboxylic acids is 1. The van der Waals surface area contributed by atoms with E-state index in [-0.39, 0.29) is 11.8 Å². The molecule has 1 aliphatic heterocycles. The van der Waals surface area contributed by atoms with Crippen LogP contribution in [0.2, 0.25) is 0 Å². The maximum Gasteiger partial charge on any atom is 0.223 e. The minimum absolute atomic E-state index is 0.202. The van der Waals surface area contributed by atoms with Crippen molar-refractivity contribution in [2.24, 2.45) is 5.92 Å².